The lowest BCUT2D eigenvalue weighted by Gasteiger charge is -2.08. The minimum Gasteiger partial charge on any atom is -0.352 e. The highest BCUT2D eigenvalue weighted by Crippen LogP contribution is 2.17. The molecule has 0 bridgehead atoms. The first-order valence-corrected chi connectivity index (χ1v) is 8.31. The summed E-state index contributed by atoms with van der Waals surface area (Å²) in [6, 6.07) is 21.0. The van der Waals surface area contributed by atoms with Crippen molar-refractivity contribution in [1.82, 2.24) is 5.32 Å². The molecule has 0 aliphatic carbocycles. The van der Waals surface area contributed by atoms with E-state index in [2.05, 4.69) is 10.6 Å². The second-order valence-electron chi connectivity index (χ2n) is 5.85. The summed E-state index contributed by atoms with van der Waals surface area (Å²) in [5.41, 5.74) is 2.11. The Balaban J connectivity index is 1.69. The minimum atomic E-state index is -0.145. The van der Waals surface area contributed by atoms with Gasteiger partial charge in [-0.25, -0.2) is 0 Å². The van der Waals surface area contributed by atoms with Gasteiger partial charge >= 0.3 is 0 Å². The second-order valence-corrected chi connectivity index (χ2v) is 5.85. The van der Waals surface area contributed by atoms with Crippen molar-refractivity contribution in [3.8, 4) is 0 Å². The average molecular weight is 332 g/mol. The maximum atomic E-state index is 12.3. The number of benzene rings is 3. The first kappa shape index (κ1) is 16.7. The number of hydrogen-bond donors (Lipinski definition) is 2. The van der Waals surface area contributed by atoms with Gasteiger partial charge in [0.15, 0.2) is 0 Å². The van der Waals surface area contributed by atoms with E-state index in [0.717, 1.165) is 16.3 Å². The van der Waals surface area contributed by atoms with E-state index >= 15 is 0 Å². The Morgan fingerprint density at radius 2 is 1.68 bits per heavy atom. The van der Waals surface area contributed by atoms with Gasteiger partial charge in [-0.15, -0.1) is 0 Å². The van der Waals surface area contributed by atoms with Gasteiger partial charge in [-0.2, -0.15) is 0 Å². The first-order valence-electron chi connectivity index (χ1n) is 8.31. The van der Waals surface area contributed by atoms with Crippen LogP contribution in [0.1, 0.15) is 22.8 Å². The van der Waals surface area contributed by atoms with Gasteiger partial charge in [0.05, 0.1) is 6.42 Å². The Morgan fingerprint density at radius 1 is 0.880 bits per heavy atom. The third-order valence-electron chi connectivity index (χ3n) is 3.92. The molecule has 3 aromatic rings. The molecule has 0 radical (unpaired) electrons. The van der Waals surface area contributed by atoms with Crippen LogP contribution in [0.15, 0.2) is 66.7 Å². The molecule has 0 aromatic heterocycles. The Kier molecular flexibility index (Phi) is 5.09. The summed E-state index contributed by atoms with van der Waals surface area (Å²) in [4.78, 5) is 24.2. The molecular weight excluding hydrogens is 312 g/mol. The largest absolute Gasteiger partial charge is 0.352 e. The van der Waals surface area contributed by atoms with Gasteiger partial charge < -0.3 is 10.6 Å². The number of nitrogens with one attached hydrogen (secondary N) is 2. The van der Waals surface area contributed by atoms with E-state index in [4.69, 9.17) is 0 Å². The summed E-state index contributed by atoms with van der Waals surface area (Å²) in [6.45, 7) is 2.43. The predicted octanol–water partition coefficient (Wildman–Crippen LogP) is 3.77. The molecule has 0 atom stereocenters. The van der Waals surface area contributed by atoms with Crippen molar-refractivity contribution in [3.05, 3.63) is 77.9 Å². The summed E-state index contributed by atoms with van der Waals surface area (Å²) in [6.07, 6.45) is 0.288. The molecule has 3 aromatic carbocycles. The zero-order valence-electron chi connectivity index (χ0n) is 14.1. The number of carbonyl (C=O) groups excluding carboxylic acids is 2. The van der Waals surface area contributed by atoms with Gasteiger partial charge in [0.25, 0.3) is 5.91 Å². The summed E-state index contributed by atoms with van der Waals surface area (Å²) in [5, 5.41) is 7.88. The van der Waals surface area contributed by atoms with Crippen molar-refractivity contribution in [2.24, 2.45) is 0 Å². The maximum absolute atomic E-state index is 12.3. The SMILES string of the molecule is CCNC(=O)c1cccc(NC(=O)Cc2ccc3ccccc3c2)c1. The van der Waals surface area contributed by atoms with E-state index in [1.54, 1.807) is 24.3 Å². The van der Waals surface area contributed by atoms with Crippen LogP contribution in [0.25, 0.3) is 10.8 Å². The van der Waals surface area contributed by atoms with Crippen molar-refractivity contribution in [3.63, 3.8) is 0 Å². The monoisotopic (exact) mass is 332 g/mol. The highest BCUT2D eigenvalue weighted by Gasteiger charge is 2.08. The molecule has 126 valence electrons. The molecule has 0 aliphatic heterocycles. The fourth-order valence-corrected chi connectivity index (χ4v) is 2.74. The quantitative estimate of drug-likeness (QED) is 0.747. The zero-order valence-corrected chi connectivity index (χ0v) is 14.1. The number of hydrogen-bond acceptors (Lipinski definition) is 2. The molecule has 0 fully saturated rings. The lowest BCUT2D eigenvalue weighted by atomic mass is 10.0. The van der Waals surface area contributed by atoms with E-state index in [1.165, 1.54) is 0 Å². The number of fused-ring (bicyclic) bond motifs is 1. The van der Waals surface area contributed by atoms with Crippen LogP contribution in [0.4, 0.5) is 5.69 Å². The smallest absolute Gasteiger partial charge is 0.251 e. The van der Waals surface area contributed by atoms with E-state index in [-0.39, 0.29) is 18.2 Å². The Hall–Kier alpha value is -3.14. The van der Waals surface area contributed by atoms with Crippen molar-refractivity contribution in [2.45, 2.75) is 13.3 Å². The molecular formula is C21H20N2O2. The van der Waals surface area contributed by atoms with Crippen LogP contribution >= 0.6 is 0 Å². The lowest BCUT2D eigenvalue weighted by molar-refractivity contribution is -0.115. The first-order chi connectivity index (χ1) is 12.2. The normalized spacial score (nSPS) is 10.4. The molecule has 2 amide bonds. The topological polar surface area (TPSA) is 58.2 Å². The Bertz CT molecular complexity index is 918. The molecule has 0 unspecified atom stereocenters. The highest BCUT2D eigenvalue weighted by atomic mass is 16.2. The number of anilines is 1. The van der Waals surface area contributed by atoms with Crippen LogP contribution in [0.3, 0.4) is 0 Å². The van der Waals surface area contributed by atoms with Crippen LogP contribution in [0.5, 0.6) is 0 Å². The van der Waals surface area contributed by atoms with Crippen molar-refractivity contribution >= 4 is 28.3 Å². The van der Waals surface area contributed by atoms with Gasteiger partial charge in [0.2, 0.25) is 5.91 Å². The van der Waals surface area contributed by atoms with Crippen LogP contribution in [0, 0.1) is 0 Å². The summed E-state index contributed by atoms with van der Waals surface area (Å²) in [5.74, 6) is -0.253. The van der Waals surface area contributed by atoms with Gasteiger partial charge in [-0.05, 0) is 41.5 Å². The molecule has 4 nitrogen and oxygen atoms in total. The van der Waals surface area contributed by atoms with Gasteiger partial charge in [-0.3, -0.25) is 9.59 Å². The van der Waals surface area contributed by atoms with Crippen molar-refractivity contribution in [2.75, 3.05) is 11.9 Å². The molecule has 0 heterocycles. The lowest BCUT2D eigenvalue weighted by Crippen LogP contribution is -2.23. The number of amides is 2. The third-order valence-corrected chi connectivity index (χ3v) is 3.92. The number of rotatable bonds is 5. The summed E-state index contributed by atoms with van der Waals surface area (Å²) >= 11 is 0. The van der Waals surface area contributed by atoms with E-state index in [1.807, 2.05) is 49.4 Å². The molecule has 0 spiro atoms. The van der Waals surface area contributed by atoms with Crippen LogP contribution < -0.4 is 10.6 Å². The van der Waals surface area contributed by atoms with Gasteiger partial charge in [0.1, 0.15) is 0 Å². The second kappa shape index (κ2) is 7.62. The standard InChI is InChI=1S/C21H20N2O2/c1-2-22-21(25)18-8-5-9-19(14-18)23-20(24)13-15-10-11-16-6-3-4-7-17(16)12-15/h3-12,14H,2,13H2,1H3,(H,22,25)(H,23,24). The van der Waals surface area contributed by atoms with Gasteiger partial charge in [0, 0.05) is 17.8 Å². The molecule has 0 saturated heterocycles. The van der Waals surface area contributed by atoms with Crippen LogP contribution in [-0.2, 0) is 11.2 Å². The van der Waals surface area contributed by atoms with E-state index in [9.17, 15) is 9.59 Å². The highest BCUT2D eigenvalue weighted by molar-refractivity contribution is 5.97. The molecule has 0 aliphatic rings. The fourth-order valence-electron chi connectivity index (χ4n) is 2.74. The van der Waals surface area contributed by atoms with Crippen molar-refractivity contribution < 1.29 is 9.59 Å². The summed E-state index contributed by atoms with van der Waals surface area (Å²) < 4.78 is 0. The Labute approximate surface area is 146 Å². The minimum absolute atomic E-state index is 0.108. The fraction of sp³-hybridized carbons (Fsp3) is 0.143. The van der Waals surface area contributed by atoms with Crippen molar-refractivity contribution in [1.29, 1.82) is 0 Å². The molecule has 3 rings (SSSR count). The molecule has 4 heteroatoms. The third kappa shape index (κ3) is 4.23. The molecule has 2 N–H and O–H groups in total. The maximum Gasteiger partial charge on any atom is 0.251 e. The molecule has 25 heavy (non-hydrogen) atoms. The van der Waals surface area contributed by atoms with Gasteiger partial charge in [-0.1, -0.05) is 48.5 Å². The zero-order chi connectivity index (χ0) is 17.6. The summed E-state index contributed by atoms with van der Waals surface area (Å²) in [7, 11) is 0. The van der Waals surface area contributed by atoms with Crippen LogP contribution in [0.2, 0.25) is 0 Å². The van der Waals surface area contributed by atoms with E-state index < -0.39 is 0 Å². The Morgan fingerprint density at radius 3 is 2.48 bits per heavy atom. The number of carbonyl (C=O) groups is 2. The predicted molar refractivity (Wildman–Crippen MR) is 101 cm³/mol. The van der Waals surface area contributed by atoms with Crippen LogP contribution in [-0.4, -0.2) is 18.4 Å². The van der Waals surface area contributed by atoms with E-state index in [0.29, 0.717) is 17.8 Å². The molecule has 0 saturated carbocycles. The average Bonchev–Trinajstić information content (AvgIpc) is 2.62.